The van der Waals surface area contributed by atoms with Crippen molar-refractivity contribution in [3.05, 3.63) is 63.4 Å². The zero-order valence-corrected chi connectivity index (χ0v) is 25.8. The molecule has 6 aliphatic rings. The Bertz CT molecular complexity index is 1560. The molecule has 0 aromatic heterocycles. The summed E-state index contributed by atoms with van der Waals surface area (Å²) in [7, 11) is 0. The number of halogens is 5. The van der Waals surface area contributed by atoms with Gasteiger partial charge in [-0.15, -0.1) is 0 Å². The van der Waals surface area contributed by atoms with Crippen LogP contribution in [0.15, 0.2) is 36.4 Å². The van der Waals surface area contributed by atoms with Gasteiger partial charge in [-0.05, 0) is 87.6 Å². The second kappa shape index (κ2) is 9.94. The molecule has 2 amide bonds. The van der Waals surface area contributed by atoms with E-state index in [1.807, 2.05) is 0 Å². The molecule has 2 aliphatic heterocycles. The van der Waals surface area contributed by atoms with Crippen molar-refractivity contribution < 1.29 is 27.6 Å². The summed E-state index contributed by atoms with van der Waals surface area (Å²) in [5, 5.41) is 9.81. The van der Waals surface area contributed by atoms with Crippen molar-refractivity contribution in [3.8, 4) is 0 Å². The monoisotopic (exact) mass is 647 g/mol. The van der Waals surface area contributed by atoms with Crippen molar-refractivity contribution in [1.29, 1.82) is 0 Å². The lowest BCUT2D eigenvalue weighted by Gasteiger charge is -2.53. The fourth-order valence-corrected chi connectivity index (χ4v) is 9.70. The van der Waals surface area contributed by atoms with Crippen LogP contribution < -0.4 is 16.0 Å². The number of nitrogens with one attached hydrogen (secondary N) is 3. The predicted octanol–water partition coefficient (Wildman–Crippen LogP) is 6.82. The molecule has 8 rings (SSSR count). The molecule has 2 aromatic carbocycles. The first-order valence-electron chi connectivity index (χ1n) is 15.3. The minimum Gasteiger partial charge on any atom is -0.349 e. The van der Waals surface area contributed by atoms with Gasteiger partial charge in [0, 0.05) is 46.0 Å². The van der Waals surface area contributed by atoms with E-state index in [1.54, 1.807) is 31.2 Å². The van der Waals surface area contributed by atoms with Crippen molar-refractivity contribution in [1.82, 2.24) is 10.6 Å². The van der Waals surface area contributed by atoms with Crippen LogP contribution in [0.4, 0.5) is 18.9 Å². The Balaban J connectivity index is 1.38. The molecule has 0 radical (unpaired) electrons. The second-order valence-corrected chi connectivity index (χ2v) is 14.6. The van der Waals surface area contributed by atoms with Gasteiger partial charge in [0.1, 0.15) is 17.0 Å². The maximum atomic E-state index is 16.1. The summed E-state index contributed by atoms with van der Waals surface area (Å²) in [6.07, 6.45) is 2.71. The molecule has 2 bridgehead atoms. The van der Waals surface area contributed by atoms with Gasteiger partial charge in [-0.2, -0.15) is 0 Å². The number of ketones is 1. The molecule has 11 heteroatoms. The molecule has 2 heterocycles. The van der Waals surface area contributed by atoms with E-state index in [0.717, 1.165) is 0 Å². The Hall–Kier alpha value is -2.62. The van der Waals surface area contributed by atoms with Gasteiger partial charge in [-0.25, -0.2) is 13.2 Å². The van der Waals surface area contributed by atoms with Crippen molar-refractivity contribution in [2.75, 3.05) is 5.32 Å². The average Bonchev–Trinajstić information content (AvgIpc) is 3.45. The smallest absolute Gasteiger partial charge is 0.248 e. The minimum absolute atomic E-state index is 0.0673. The molecule has 4 aliphatic carbocycles. The SMILES string of the molecule is CC(=O)C12CCC(NC(=O)[C@@H]3NC4(CCC(F)(F)CC4)[C@@]4(C(=O)Nc5cc(Cl)ccc54)[C@H]3c3cccc(Cl)c3F)(CC1)CC2. The van der Waals surface area contributed by atoms with Crippen LogP contribution >= 0.6 is 23.2 Å². The zero-order chi connectivity index (χ0) is 31.3. The Morgan fingerprint density at radius 3 is 2.23 bits per heavy atom. The summed E-state index contributed by atoms with van der Waals surface area (Å²) in [4.78, 5) is 41.5. The molecular formula is C33H34Cl2F3N3O3. The van der Waals surface area contributed by atoms with Crippen LogP contribution in [0.1, 0.15) is 88.2 Å². The van der Waals surface area contributed by atoms with Gasteiger partial charge in [0.25, 0.3) is 0 Å². The van der Waals surface area contributed by atoms with Crippen molar-refractivity contribution in [2.45, 2.75) is 106 Å². The lowest BCUT2D eigenvalue weighted by molar-refractivity contribution is -0.136. The summed E-state index contributed by atoms with van der Waals surface area (Å²) in [5.74, 6) is -5.55. The molecule has 6 nitrogen and oxygen atoms in total. The molecule has 5 fully saturated rings. The minimum atomic E-state index is -2.93. The van der Waals surface area contributed by atoms with E-state index in [9.17, 15) is 23.2 Å². The highest BCUT2D eigenvalue weighted by Gasteiger charge is 2.73. The molecule has 1 saturated heterocycles. The van der Waals surface area contributed by atoms with Gasteiger partial charge in [0.2, 0.25) is 17.7 Å². The van der Waals surface area contributed by atoms with Crippen LogP contribution in [0, 0.1) is 11.2 Å². The molecule has 0 unspecified atom stereocenters. The molecule has 3 N–H and O–H groups in total. The molecule has 4 saturated carbocycles. The molecule has 2 aromatic rings. The Morgan fingerprint density at radius 2 is 1.59 bits per heavy atom. The Labute approximate surface area is 263 Å². The number of rotatable bonds is 4. The number of fused-ring (bicyclic) bond motifs is 6. The molecule has 44 heavy (non-hydrogen) atoms. The first-order valence-corrected chi connectivity index (χ1v) is 16.1. The Kier molecular flexibility index (Phi) is 6.79. The number of carbonyl (C=O) groups is 3. The van der Waals surface area contributed by atoms with Gasteiger partial charge in [-0.3, -0.25) is 19.7 Å². The van der Waals surface area contributed by atoms with E-state index in [2.05, 4.69) is 16.0 Å². The highest BCUT2D eigenvalue weighted by molar-refractivity contribution is 6.31. The fraction of sp³-hybridized carbons (Fsp3) is 0.545. The average molecular weight is 649 g/mol. The van der Waals surface area contributed by atoms with Crippen LogP contribution in [0.25, 0.3) is 0 Å². The lowest BCUT2D eigenvalue weighted by Crippen LogP contribution is -2.63. The normalized spacial score (nSPS) is 34.6. The van der Waals surface area contributed by atoms with E-state index < -0.39 is 64.8 Å². The van der Waals surface area contributed by atoms with Gasteiger partial charge in [0.15, 0.2) is 0 Å². The number of alkyl halides is 2. The quantitative estimate of drug-likeness (QED) is 0.340. The maximum absolute atomic E-state index is 16.1. The van der Waals surface area contributed by atoms with Crippen LogP contribution in [-0.2, 0) is 19.8 Å². The topological polar surface area (TPSA) is 87.3 Å². The van der Waals surface area contributed by atoms with Gasteiger partial charge in [-0.1, -0.05) is 41.4 Å². The molecular weight excluding hydrogens is 614 g/mol. The van der Waals surface area contributed by atoms with Gasteiger partial charge >= 0.3 is 0 Å². The number of carbonyl (C=O) groups excluding carboxylic acids is 3. The maximum Gasteiger partial charge on any atom is 0.248 e. The van der Waals surface area contributed by atoms with E-state index >= 15 is 4.39 Å². The lowest BCUT2D eigenvalue weighted by atomic mass is 9.55. The summed E-state index contributed by atoms with van der Waals surface area (Å²) in [6.45, 7) is 1.63. The summed E-state index contributed by atoms with van der Waals surface area (Å²) < 4.78 is 45.6. The third-order valence-electron chi connectivity index (χ3n) is 11.8. The van der Waals surface area contributed by atoms with Crippen LogP contribution in [0.3, 0.4) is 0 Å². The second-order valence-electron chi connectivity index (χ2n) is 13.7. The van der Waals surface area contributed by atoms with Crippen molar-refractivity contribution in [3.63, 3.8) is 0 Å². The number of amides is 2. The fourth-order valence-electron chi connectivity index (χ4n) is 9.35. The third kappa shape index (κ3) is 4.14. The Morgan fingerprint density at radius 1 is 0.932 bits per heavy atom. The van der Waals surface area contributed by atoms with Crippen molar-refractivity contribution in [2.24, 2.45) is 5.41 Å². The summed E-state index contributed by atoms with van der Waals surface area (Å²) in [5.41, 5.74) is -2.83. The number of benzene rings is 2. The van der Waals surface area contributed by atoms with E-state index in [-0.39, 0.29) is 34.6 Å². The highest BCUT2D eigenvalue weighted by Crippen LogP contribution is 2.64. The van der Waals surface area contributed by atoms with E-state index in [0.29, 0.717) is 54.8 Å². The van der Waals surface area contributed by atoms with E-state index in [4.69, 9.17) is 23.2 Å². The van der Waals surface area contributed by atoms with Crippen LogP contribution in [-0.4, -0.2) is 40.6 Å². The third-order valence-corrected chi connectivity index (χ3v) is 12.3. The van der Waals surface area contributed by atoms with Crippen molar-refractivity contribution >= 4 is 46.5 Å². The van der Waals surface area contributed by atoms with Gasteiger partial charge < -0.3 is 10.6 Å². The number of anilines is 1. The van der Waals surface area contributed by atoms with Crippen LogP contribution in [0.5, 0.6) is 0 Å². The van der Waals surface area contributed by atoms with Crippen LogP contribution in [0.2, 0.25) is 10.0 Å². The first-order chi connectivity index (χ1) is 20.8. The number of Topliss-reactive ketones (excluding diaryl/α,β-unsaturated/α-hetero) is 1. The zero-order valence-electron chi connectivity index (χ0n) is 24.3. The summed E-state index contributed by atoms with van der Waals surface area (Å²) in [6, 6.07) is 8.25. The number of hydrogen-bond donors (Lipinski definition) is 3. The predicted molar refractivity (Wildman–Crippen MR) is 161 cm³/mol. The number of hydrogen-bond acceptors (Lipinski definition) is 4. The molecule has 2 spiro atoms. The standard InChI is InChI=1S/C33H34Cl2F3N3O3/c1-18(42)29-7-10-30(11-8-29,12-9-29)41-27(43)26-24(20-3-2-4-22(35)25(20)36)33(31(40-26)13-15-32(37,38)16-14-31)21-6-5-19(34)17-23(21)39-28(33)44/h2-6,17,24,26,40H,7-16H2,1H3,(H,39,44)(H,41,43)/t24-,26+,29?,30?,33+/m0/s1. The largest absolute Gasteiger partial charge is 0.349 e. The van der Waals surface area contributed by atoms with E-state index in [1.165, 1.54) is 12.1 Å². The molecule has 3 atom stereocenters. The summed E-state index contributed by atoms with van der Waals surface area (Å²) >= 11 is 12.6. The van der Waals surface area contributed by atoms with Gasteiger partial charge in [0.05, 0.1) is 11.1 Å². The first kappa shape index (κ1) is 30.1. The molecule has 234 valence electrons. The highest BCUT2D eigenvalue weighted by atomic mass is 35.5.